The third-order valence-corrected chi connectivity index (χ3v) is 12.1. The highest BCUT2D eigenvalue weighted by Crippen LogP contribution is 2.71. The molecule has 9 nitrogen and oxygen atoms in total. The zero-order chi connectivity index (χ0) is 32.0. The SMILES string of the molecule is C=CCCCCOC(=O)[C@@H]1[C@H]2C(=O)N([C@@H](CO)Cc3ccccc3)C(C(=O)N(CC=C)CCN3CCOCC3)C23CC[C@@]1(C)S3. The summed E-state index contributed by atoms with van der Waals surface area (Å²) in [7, 11) is 0. The number of carbonyl (C=O) groups is 3. The Bertz CT molecular complexity index is 1220. The van der Waals surface area contributed by atoms with E-state index in [2.05, 4.69) is 25.0 Å². The number of thioether (sulfide) groups is 1. The third-order valence-electron chi connectivity index (χ3n) is 10.1. The Kier molecular flexibility index (Phi) is 11.1. The molecule has 0 radical (unpaired) electrons. The Labute approximate surface area is 272 Å². The lowest BCUT2D eigenvalue weighted by molar-refractivity contribution is -0.156. The summed E-state index contributed by atoms with van der Waals surface area (Å²) in [5.41, 5.74) is 0.972. The van der Waals surface area contributed by atoms with Gasteiger partial charge in [-0.1, -0.05) is 42.5 Å². The Balaban J connectivity index is 1.47. The first-order chi connectivity index (χ1) is 21.8. The summed E-state index contributed by atoms with van der Waals surface area (Å²) in [6.07, 6.45) is 7.82. The number of likely N-dealkylation sites (tertiary alicyclic amines) is 1. The number of carbonyl (C=O) groups excluding carboxylic acids is 3. The number of benzene rings is 1. The largest absolute Gasteiger partial charge is 0.465 e. The van der Waals surface area contributed by atoms with Gasteiger partial charge in [0.15, 0.2) is 0 Å². The molecule has 4 fully saturated rings. The predicted molar refractivity (Wildman–Crippen MR) is 176 cm³/mol. The normalized spacial score (nSPS) is 29.8. The molecule has 4 aliphatic rings. The predicted octanol–water partition coefficient (Wildman–Crippen LogP) is 3.32. The number of fused-ring (bicyclic) bond motifs is 1. The van der Waals surface area contributed by atoms with Gasteiger partial charge in [-0.3, -0.25) is 19.3 Å². The molecule has 4 saturated heterocycles. The van der Waals surface area contributed by atoms with E-state index in [9.17, 15) is 19.5 Å². The van der Waals surface area contributed by atoms with Crippen LogP contribution in [-0.2, 0) is 30.3 Å². The van der Waals surface area contributed by atoms with E-state index in [0.29, 0.717) is 58.7 Å². The smallest absolute Gasteiger partial charge is 0.311 e. The number of allylic oxidation sites excluding steroid dienone is 1. The number of amides is 2. The Hall–Kier alpha value is -2.66. The number of rotatable bonds is 16. The Morgan fingerprint density at radius 2 is 1.93 bits per heavy atom. The van der Waals surface area contributed by atoms with E-state index in [1.54, 1.807) is 22.7 Å². The van der Waals surface area contributed by atoms with Crippen molar-refractivity contribution in [2.75, 3.05) is 59.2 Å². The minimum Gasteiger partial charge on any atom is -0.465 e. The molecule has 4 aliphatic heterocycles. The van der Waals surface area contributed by atoms with Gasteiger partial charge in [0.2, 0.25) is 11.8 Å². The molecule has 1 spiro atoms. The molecule has 246 valence electrons. The van der Waals surface area contributed by atoms with Crippen molar-refractivity contribution in [1.82, 2.24) is 14.7 Å². The van der Waals surface area contributed by atoms with Crippen molar-refractivity contribution >= 4 is 29.5 Å². The zero-order valence-corrected chi connectivity index (χ0v) is 27.4. The molecule has 2 amide bonds. The number of ether oxygens (including phenoxy) is 2. The summed E-state index contributed by atoms with van der Waals surface area (Å²) < 4.78 is 10.0. The van der Waals surface area contributed by atoms with E-state index in [0.717, 1.165) is 37.9 Å². The maximum atomic E-state index is 14.8. The molecule has 0 aliphatic carbocycles. The van der Waals surface area contributed by atoms with Gasteiger partial charge in [-0.25, -0.2) is 0 Å². The molecule has 45 heavy (non-hydrogen) atoms. The monoisotopic (exact) mass is 639 g/mol. The van der Waals surface area contributed by atoms with Crippen LogP contribution < -0.4 is 0 Å². The second kappa shape index (κ2) is 14.8. The standard InChI is InChI=1S/C35H49N3O6S/c1-4-6-7-11-21-44-33(42)29-28-31(40)38(27(25-39)24-26-12-9-8-10-13-26)30(35(28)15-14-34(29,3)45-35)32(41)37(16-5-2)18-17-36-19-22-43-23-20-36/h4-5,8-10,12-13,27-30,39H,1-2,6-7,11,14-25H2,3H3/t27-,28+,29+,30?,34-,35?/m1/s1. The number of esters is 1. The van der Waals surface area contributed by atoms with E-state index in [1.807, 2.05) is 41.3 Å². The van der Waals surface area contributed by atoms with Crippen molar-refractivity contribution in [1.29, 1.82) is 0 Å². The summed E-state index contributed by atoms with van der Waals surface area (Å²) in [5, 5.41) is 10.8. The van der Waals surface area contributed by atoms with Crippen LogP contribution in [-0.4, -0.2) is 118 Å². The molecular formula is C35H49N3O6S. The van der Waals surface area contributed by atoms with E-state index >= 15 is 0 Å². The first-order valence-electron chi connectivity index (χ1n) is 16.4. The molecular weight excluding hydrogens is 590 g/mol. The summed E-state index contributed by atoms with van der Waals surface area (Å²) in [6.45, 7) is 14.2. The van der Waals surface area contributed by atoms with Crippen molar-refractivity contribution in [3.63, 3.8) is 0 Å². The van der Waals surface area contributed by atoms with Gasteiger partial charge in [-0.2, -0.15) is 0 Å². The fraction of sp³-hybridized carbons (Fsp3) is 0.629. The fourth-order valence-corrected chi connectivity index (χ4v) is 10.2. The van der Waals surface area contributed by atoms with E-state index in [-0.39, 0.29) is 24.4 Å². The van der Waals surface area contributed by atoms with Crippen LogP contribution in [0.25, 0.3) is 0 Å². The van der Waals surface area contributed by atoms with Crippen LogP contribution in [0.4, 0.5) is 0 Å². The highest BCUT2D eigenvalue weighted by molar-refractivity contribution is 8.02. The van der Waals surface area contributed by atoms with E-state index in [1.165, 1.54) is 0 Å². The molecule has 1 aromatic rings. The van der Waals surface area contributed by atoms with Crippen LogP contribution in [0.5, 0.6) is 0 Å². The minimum atomic E-state index is -0.808. The Morgan fingerprint density at radius 3 is 2.62 bits per heavy atom. The maximum absolute atomic E-state index is 14.8. The van der Waals surface area contributed by atoms with Gasteiger partial charge in [-0.15, -0.1) is 24.9 Å². The topological polar surface area (TPSA) is 99.6 Å². The lowest BCUT2D eigenvalue weighted by Gasteiger charge is -2.40. The van der Waals surface area contributed by atoms with Gasteiger partial charge in [-0.05, 0) is 51.0 Å². The molecule has 10 heteroatoms. The summed E-state index contributed by atoms with van der Waals surface area (Å²) >= 11 is 1.64. The van der Waals surface area contributed by atoms with Crippen molar-refractivity contribution in [3.8, 4) is 0 Å². The lowest BCUT2D eigenvalue weighted by Crippen LogP contribution is -2.58. The van der Waals surface area contributed by atoms with Gasteiger partial charge < -0.3 is 24.4 Å². The van der Waals surface area contributed by atoms with Crippen molar-refractivity contribution in [2.45, 2.75) is 67.0 Å². The van der Waals surface area contributed by atoms with Gasteiger partial charge in [0.25, 0.3) is 0 Å². The van der Waals surface area contributed by atoms with Gasteiger partial charge in [0.05, 0.1) is 49.1 Å². The number of hydrogen-bond acceptors (Lipinski definition) is 8. The maximum Gasteiger partial charge on any atom is 0.311 e. The third kappa shape index (κ3) is 6.75. The quantitative estimate of drug-likeness (QED) is 0.167. The summed E-state index contributed by atoms with van der Waals surface area (Å²) in [5.74, 6) is -2.05. The van der Waals surface area contributed by atoms with Gasteiger partial charge in [0.1, 0.15) is 6.04 Å². The lowest BCUT2D eigenvalue weighted by atomic mass is 9.66. The van der Waals surface area contributed by atoms with Crippen molar-refractivity contribution < 1.29 is 29.0 Å². The molecule has 0 aromatic heterocycles. The van der Waals surface area contributed by atoms with Gasteiger partial charge in [0, 0.05) is 37.5 Å². The number of morpholine rings is 1. The Morgan fingerprint density at radius 1 is 1.18 bits per heavy atom. The highest BCUT2D eigenvalue weighted by Gasteiger charge is 2.78. The molecule has 4 heterocycles. The van der Waals surface area contributed by atoms with Crippen LogP contribution >= 0.6 is 11.8 Å². The molecule has 5 rings (SSSR count). The molecule has 2 unspecified atom stereocenters. The average Bonchev–Trinajstić information content (AvgIpc) is 3.63. The molecule has 6 atom stereocenters. The molecule has 0 saturated carbocycles. The van der Waals surface area contributed by atoms with E-state index in [4.69, 9.17) is 9.47 Å². The fourth-order valence-electron chi connectivity index (χ4n) is 7.89. The first-order valence-corrected chi connectivity index (χ1v) is 17.3. The van der Waals surface area contributed by atoms with Crippen molar-refractivity contribution in [2.24, 2.45) is 11.8 Å². The van der Waals surface area contributed by atoms with Crippen LogP contribution in [0.3, 0.4) is 0 Å². The van der Waals surface area contributed by atoms with E-state index < -0.39 is 33.4 Å². The van der Waals surface area contributed by atoms with Crippen LogP contribution in [0.2, 0.25) is 0 Å². The second-order valence-corrected chi connectivity index (χ2v) is 14.9. The minimum absolute atomic E-state index is 0.138. The number of hydrogen-bond donors (Lipinski definition) is 1. The average molecular weight is 640 g/mol. The first kappa shape index (κ1) is 33.7. The molecule has 2 bridgehead atoms. The van der Waals surface area contributed by atoms with Crippen LogP contribution in [0, 0.1) is 11.8 Å². The highest BCUT2D eigenvalue weighted by atomic mass is 32.2. The summed E-state index contributed by atoms with van der Waals surface area (Å²) in [4.78, 5) is 49.1. The number of unbranched alkanes of at least 4 members (excludes halogenated alkanes) is 2. The van der Waals surface area contributed by atoms with Crippen LogP contribution in [0.15, 0.2) is 55.6 Å². The number of nitrogens with zero attached hydrogens (tertiary/aromatic N) is 3. The second-order valence-electron chi connectivity index (χ2n) is 13.0. The molecule has 1 N–H and O–H groups in total. The number of aliphatic hydroxyl groups excluding tert-OH is 1. The number of aliphatic hydroxyl groups is 1. The zero-order valence-electron chi connectivity index (χ0n) is 26.6. The van der Waals surface area contributed by atoms with Crippen molar-refractivity contribution in [3.05, 3.63) is 61.2 Å². The van der Waals surface area contributed by atoms with Crippen LogP contribution in [0.1, 0.15) is 44.6 Å². The van der Waals surface area contributed by atoms with Gasteiger partial charge >= 0.3 is 5.97 Å². The molecule has 1 aromatic carbocycles. The summed E-state index contributed by atoms with van der Waals surface area (Å²) in [6, 6.07) is 8.32.